The van der Waals surface area contributed by atoms with Crippen molar-refractivity contribution in [3.8, 4) is 0 Å². The van der Waals surface area contributed by atoms with E-state index in [0.29, 0.717) is 29.9 Å². The zero-order valence-corrected chi connectivity index (χ0v) is 17.1. The summed E-state index contributed by atoms with van der Waals surface area (Å²) in [6.45, 7) is 3.16. The molecular weight excluding hydrogens is 391 g/mol. The van der Waals surface area contributed by atoms with Gasteiger partial charge in [0.15, 0.2) is 0 Å². The maximum atomic E-state index is 13.9. The number of hydrogen-bond donors (Lipinski definition) is 0. The van der Waals surface area contributed by atoms with Crippen LogP contribution in [0.5, 0.6) is 0 Å². The predicted octanol–water partition coefficient (Wildman–Crippen LogP) is 4.48. The number of hydrogen-bond acceptors (Lipinski definition) is 3. The Labute approximate surface area is 180 Å². The van der Waals surface area contributed by atoms with Crippen molar-refractivity contribution >= 4 is 23.1 Å². The molecule has 4 nitrogen and oxygen atoms in total. The molecule has 31 heavy (non-hydrogen) atoms. The van der Waals surface area contributed by atoms with Crippen LogP contribution < -0.4 is 4.90 Å². The molecule has 2 aliphatic heterocycles. The van der Waals surface area contributed by atoms with Gasteiger partial charge in [0, 0.05) is 13.1 Å². The Morgan fingerprint density at radius 2 is 1.58 bits per heavy atom. The van der Waals surface area contributed by atoms with Crippen molar-refractivity contribution in [1.82, 2.24) is 4.90 Å². The minimum Gasteiger partial charge on any atom is -0.362 e. The van der Waals surface area contributed by atoms with E-state index >= 15 is 0 Å². The molecule has 0 aliphatic carbocycles. The lowest BCUT2D eigenvalue weighted by atomic mass is 9.97. The van der Waals surface area contributed by atoms with Gasteiger partial charge in [-0.05, 0) is 48.2 Å². The van der Waals surface area contributed by atoms with Gasteiger partial charge in [-0.15, -0.1) is 0 Å². The third kappa shape index (κ3) is 3.32. The third-order valence-corrected chi connectivity index (χ3v) is 5.91. The van der Waals surface area contributed by atoms with E-state index in [4.69, 9.17) is 0 Å². The van der Waals surface area contributed by atoms with Crippen LogP contribution in [0.3, 0.4) is 0 Å². The van der Waals surface area contributed by atoms with Crippen LogP contribution in [0.4, 0.5) is 10.1 Å². The van der Waals surface area contributed by atoms with Crippen LogP contribution in [0.1, 0.15) is 22.3 Å². The summed E-state index contributed by atoms with van der Waals surface area (Å²) in [5, 5.41) is 0. The number of rotatable bonds is 3. The van der Waals surface area contributed by atoms with Crippen LogP contribution in [0.2, 0.25) is 0 Å². The summed E-state index contributed by atoms with van der Waals surface area (Å²) >= 11 is 0. The number of benzene rings is 3. The smallest absolute Gasteiger partial charge is 0.282 e. The number of carbonyl (C=O) groups is 2. The van der Waals surface area contributed by atoms with Gasteiger partial charge in [-0.1, -0.05) is 60.2 Å². The molecule has 0 saturated heterocycles. The van der Waals surface area contributed by atoms with Crippen molar-refractivity contribution in [2.45, 2.75) is 19.9 Å². The summed E-state index contributed by atoms with van der Waals surface area (Å²) in [7, 11) is 0. The average Bonchev–Trinajstić information content (AvgIpc) is 3.04. The van der Waals surface area contributed by atoms with Gasteiger partial charge in [0.2, 0.25) is 0 Å². The molecule has 5 rings (SSSR count). The Bertz CT molecular complexity index is 1230. The number of carbonyl (C=O) groups excluding carboxylic acids is 2. The highest BCUT2D eigenvalue weighted by atomic mass is 19.1. The molecule has 5 heteroatoms. The minimum atomic E-state index is -0.490. The lowest BCUT2D eigenvalue weighted by Gasteiger charge is -2.31. The molecule has 3 aromatic rings. The first-order chi connectivity index (χ1) is 15.0. The van der Waals surface area contributed by atoms with Gasteiger partial charge in [-0.2, -0.15) is 0 Å². The van der Waals surface area contributed by atoms with Gasteiger partial charge in [-0.3, -0.25) is 9.59 Å². The first kappa shape index (κ1) is 19.2. The SMILES string of the molecule is Cc1ccc(C2=C(N3CCc4ccccc4C3)C(=O)N(c3cccc(F)c3)C2=O)cc1. The van der Waals surface area contributed by atoms with Gasteiger partial charge in [0.05, 0.1) is 11.3 Å². The molecule has 154 valence electrons. The number of nitrogens with zero attached hydrogens (tertiary/aromatic N) is 2. The van der Waals surface area contributed by atoms with Crippen molar-refractivity contribution in [1.29, 1.82) is 0 Å². The second kappa shape index (κ2) is 7.51. The van der Waals surface area contributed by atoms with Gasteiger partial charge in [-0.25, -0.2) is 9.29 Å². The van der Waals surface area contributed by atoms with Crippen molar-refractivity contribution in [3.63, 3.8) is 0 Å². The first-order valence-electron chi connectivity index (χ1n) is 10.3. The molecule has 3 aromatic carbocycles. The van der Waals surface area contributed by atoms with E-state index in [2.05, 4.69) is 12.1 Å². The molecule has 2 heterocycles. The van der Waals surface area contributed by atoms with Crippen molar-refractivity contribution < 1.29 is 14.0 Å². The second-order valence-corrected chi connectivity index (χ2v) is 7.96. The largest absolute Gasteiger partial charge is 0.362 e. The molecule has 0 fully saturated rings. The third-order valence-electron chi connectivity index (χ3n) is 5.91. The van der Waals surface area contributed by atoms with Crippen LogP contribution in [-0.4, -0.2) is 23.3 Å². The van der Waals surface area contributed by atoms with Crippen LogP contribution >= 0.6 is 0 Å². The van der Waals surface area contributed by atoms with E-state index in [1.54, 1.807) is 6.07 Å². The summed E-state index contributed by atoms with van der Waals surface area (Å²) in [6.07, 6.45) is 0.794. The fourth-order valence-corrected chi connectivity index (χ4v) is 4.33. The molecule has 0 spiro atoms. The fraction of sp³-hybridized carbons (Fsp3) is 0.154. The summed E-state index contributed by atoms with van der Waals surface area (Å²) in [4.78, 5) is 30.2. The Hall–Kier alpha value is -3.73. The van der Waals surface area contributed by atoms with E-state index in [1.165, 1.54) is 23.8 Å². The van der Waals surface area contributed by atoms with Crippen LogP contribution in [0.15, 0.2) is 78.5 Å². The van der Waals surface area contributed by atoms with E-state index in [-0.39, 0.29) is 5.69 Å². The van der Waals surface area contributed by atoms with E-state index in [0.717, 1.165) is 22.4 Å². The van der Waals surface area contributed by atoms with Crippen molar-refractivity contribution in [2.75, 3.05) is 11.4 Å². The van der Waals surface area contributed by atoms with Crippen LogP contribution in [0, 0.1) is 12.7 Å². The van der Waals surface area contributed by atoms with Gasteiger partial charge >= 0.3 is 0 Å². The molecule has 2 aliphatic rings. The molecule has 2 amide bonds. The summed E-state index contributed by atoms with van der Waals surface area (Å²) in [6, 6.07) is 21.3. The van der Waals surface area contributed by atoms with Crippen LogP contribution in [-0.2, 0) is 22.6 Å². The summed E-state index contributed by atoms with van der Waals surface area (Å²) in [5.41, 5.74) is 5.16. The Balaban J connectivity index is 1.63. The fourth-order valence-electron chi connectivity index (χ4n) is 4.33. The highest BCUT2D eigenvalue weighted by Gasteiger charge is 2.43. The maximum absolute atomic E-state index is 13.9. The minimum absolute atomic E-state index is 0.243. The molecule has 0 saturated carbocycles. The number of aryl methyl sites for hydroxylation is 1. The monoisotopic (exact) mass is 412 g/mol. The molecule has 0 aromatic heterocycles. The normalized spacial score (nSPS) is 16.2. The van der Waals surface area contributed by atoms with Gasteiger partial charge in [0.1, 0.15) is 11.5 Å². The van der Waals surface area contributed by atoms with E-state index < -0.39 is 17.6 Å². The molecule has 0 atom stereocenters. The molecular formula is C26H21FN2O2. The standard InChI is InChI=1S/C26H21FN2O2/c1-17-9-11-19(12-10-17)23-24(28-14-13-18-5-2-3-6-20(18)16-28)26(31)29(25(23)30)22-8-4-7-21(27)15-22/h2-12,15H,13-14,16H2,1H3. The number of imide groups is 1. The quantitative estimate of drug-likeness (QED) is 0.596. The Morgan fingerprint density at radius 3 is 2.32 bits per heavy atom. The Morgan fingerprint density at radius 1 is 0.839 bits per heavy atom. The van der Waals surface area contributed by atoms with E-state index in [1.807, 2.05) is 48.2 Å². The zero-order valence-electron chi connectivity index (χ0n) is 17.1. The predicted molar refractivity (Wildman–Crippen MR) is 118 cm³/mol. The highest BCUT2D eigenvalue weighted by molar-refractivity contribution is 6.45. The molecule has 0 unspecified atom stereocenters. The molecule has 0 N–H and O–H groups in total. The molecule has 0 radical (unpaired) electrons. The average molecular weight is 412 g/mol. The summed E-state index contributed by atoms with van der Waals surface area (Å²) in [5.74, 6) is -1.32. The number of halogens is 1. The first-order valence-corrected chi connectivity index (χ1v) is 10.3. The highest BCUT2D eigenvalue weighted by Crippen LogP contribution is 2.37. The molecule has 0 bridgehead atoms. The second-order valence-electron chi connectivity index (χ2n) is 7.96. The number of amides is 2. The number of fused-ring (bicyclic) bond motifs is 1. The number of anilines is 1. The summed E-state index contributed by atoms with van der Waals surface area (Å²) < 4.78 is 13.9. The lowest BCUT2D eigenvalue weighted by Crippen LogP contribution is -2.37. The lowest BCUT2D eigenvalue weighted by molar-refractivity contribution is -0.120. The van der Waals surface area contributed by atoms with Gasteiger partial charge in [0.25, 0.3) is 11.8 Å². The van der Waals surface area contributed by atoms with Crippen molar-refractivity contribution in [2.24, 2.45) is 0 Å². The van der Waals surface area contributed by atoms with Crippen LogP contribution in [0.25, 0.3) is 5.57 Å². The Kier molecular flexibility index (Phi) is 4.66. The van der Waals surface area contributed by atoms with E-state index in [9.17, 15) is 14.0 Å². The zero-order chi connectivity index (χ0) is 21.5. The van der Waals surface area contributed by atoms with Crippen molar-refractivity contribution in [3.05, 3.63) is 107 Å². The maximum Gasteiger partial charge on any atom is 0.282 e. The van der Waals surface area contributed by atoms with Gasteiger partial charge < -0.3 is 4.90 Å². The topological polar surface area (TPSA) is 40.6 Å².